The number of ether oxygens (including phenoxy) is 3. The number of nitrogens with zero attached hydrogens (tertiary/aromatic N) is 1. The number of carbonyl (C=O) groups excluding carboxylic acids is 2. The number of amides is 1. The van der Waals surface area contributed by atoms with Crippen LogP contribution in [0.2, 0.25) is 0 Å². The van der Waals surface area contributed by atoms with Gasteiger partial charge in [-0.3, -0.25) is 9.59 Å². The van der Waals surface area contributed by atoms with Crippen molar-refractivity contribution in [2.45, 2.75) is 25.4 Å². The van der Waals surface area contributed by atoms with Crippen LogP contribution in [0.5, 0.6) is 5.75 Å². The maximum absolute atomic E-state index is 12.6. The molecule has 0 aliphatic carbocycles. The summed E-state index contributed by atoms with van der Waals surface area (Å²) >= 11 is 0. The number of hydrogen-bond acceptors (Lipinski definition) is 5. The van der Waals surface area contributed by atoms with Crippen LogP contribution in [0.3, 0.4) is 0 Å². The zero-order chi connectivity index (χ0) is 18.1. The summed E-state index contributed by atoms with van der Waals surface area (Å²) in [7, 11) is 2.94. The molecule has 2 rings (SSSR count). The number of methoxy groups -OCH3 is 2. The van der Waals surface area contributed by atoms with Crippen LogP contribution in [0, 0.1) is 0 Å². The van der Waals surface area contributed by atoms with Crippen LogP contribution in [0.25, 0.3) is 6.08 Å². The Morgan fingerprint density at radius 1 is 1.32 bits per heavy atom. The highest BCUT2D eigenvalue weighted by Crippen LogP contribution is 2.19. The fourth-order valence-corrected chi connectivity index (χ4v) is 2.72. The molecule has 25 heavy (non-hydrogen) atoms. The molecule has 0 N–H and O–H groups in total. The Morgan fingerprint density at radius 3 is 2.80 bits per heavy atom. The Balaban J connectivity index is 2.04. The van der Waals surface area contributed by atoms with Gasteiger partial charge in [0.1, 0.15) is 5.75 Å². The molecule has 0 bridgehead atoms. The maximum atomic E-state index is 12.6. The van der Waals surface area contributed by atoms with Crippen molar-refractivity contribution in [2.24, 2.45) is 0 Å². The van der Waals surface area contributed by atoms with Gasteiger partial charge in [0, 0.05) is 31.3 Å². The third kappa shape index (κ3) is 5.90. The lowest BCUT2D eigenvalue weighted by Crippen LogP contribution is -2.37. The molecule has 0 radical (unpaired) electrons. The second-order valence-corrected chi connectivity index (χ2v) is 5.82. The predicted octanol–water partition coefficient (Wildman–Crippen LogP) is 2.28. The number of rotatable bonds is 8. The van der Waals surface area contributed by atoms with E-state index in [1.807, 2.05) is 24.3 Å². The average Bonchev–Trinajstić information content (AvgIpc) is 3.16. The lowest BCUT2D eigenvalue weighted by Gasteiger charge is -2.24. The van der Waals surface area contributed by atoms with Gasteiger partial charge in [-0.05, 0) is 25.0 Å². The van der Waals surface area contributed by atoms with Crippen molar-refractivity contribution in [2.75, 3.05) is 33.9 Å². The highest BCUT2D eigenvalue weighted by Gasteiger charge is 2.22. The molecule has 1 amide bonds. The van der Waals surface area contributed by atoms with E-state index in [9.17, 15) is 9.59 Å². The van der Waals surface area contributed by atoms with E-state index in [0.29, 0.717) is 18.8 Å². The lowest BCUT2D eigenvalue weighted by molar-refractivity contribution is -0.141. The van der Waals surface area contributed by atoms with E-state index in [-0.39, 0.29) is 24.4 Å². The molecule has 1 atom stereocenters. The van der Waals surface area contributed by atoms with Crippen LogP contribution in [0.4, 0.5) is 0 Å². The van der Waals surface area contributed by atoms with Crippen molar-refractivity contribution in [3.63, 3.8) is 0 Å². The first-order chi connectivity index (χ1) is 12.1. The smallest absolute Gasteiger partial charge is 0.307 e. The van der Waals surface area contributed by atoms with Crippen LogP contribution < -0.4 is 4.74 Å². The Hall–Kier alpha value is -2.34. The molecule has 0 aromatic heterocycles. The largest absolute Gasteiger partial charge is 0.496 e. The SMILES string of the molecule is COC(=O)CCN(C[C@H]1CCCO1)C(=O)/C=C\c1ccccc1OC. The Kier molecular flexibility index (Phi) is 7.47. The van der Waals surface area contributed by atoms with Crippen molar-refractivity contribution in [3.05, 3.63) is 35.9 Å². The Bertz CT molecular complexity index is 608. The molecule has 1 aromatic rings. The highest BCUT2D eigenvalue weighted by molar-refractivity contribution is 5.92. The zero-order valence-corrected chi connectivity index (χ0v) is 14.8. The third-order valence-corrected chi connectivity index (χ3v) is 4.12. The zero-order valence-electron chi connectivity index (χ0n) is 14.8. The minimum absolute atomic E-state index is 0.0289. The van der Waals surface area contributed by atoms with Gasteiger partial charge >= 0.3 is 5.97 Å². The van der Waals surface area contributed by atoms with Gasteiger partial charge in [-0.15, -0.1) is 0 Å². The molecule has 1 fully saturated rings. The molecule has 0 saturated carbocycles. The van der Waals surface area contributed by atoms with Crippen LogP contribution >= 0.6 is 0 Å². The first kappa shape index (κ1) is 19.0. The fraction of sp³-hybridized carbons (Fsp3) is 0.474. The van der Waals surface area contributed by atoms with Gasteiger partial charge in [-0.2, -0.15) is 0 Å². The van der Waals surface area contributed by atoms with Gasteiger partial charge in [0.05, 0.1) is 26.7 Å². The van der Waals surface area contributed by atoms with E-state index in [1.165, 1.54) is 13.2 Å². The first-order valence-corrected chi connectivity index (χ1v) is 8.42. The summed E-state index contributed by atoms with van der Waals surface area (Å²) in [5.74, 6) is 0.205. The van der Waals surface area contributed by atoms with Crippen molar-refractivity contribution in [1.29, 1.82) is 0 Å². The standard InChI is InChI=1S/C19H25NO5/c1-23-17-8-4-3-6-15(17)9-10-18(21)20(12-11-19(22)24-2)14-16-7-5-13-25-16/h3-4,6,8-10,16H,5,7,11-14H2,1-2H3/b10-9-/t16-/m1/s1. The quantitative estimate of drug-likeness (QED) is 0.533. The maximum Gasteiger partial charge on any atom is 0.307 e. The molecule has 6 heteroatoms. The summed E-state index contributed by atoms with van der Waals surface area (Å²) in [5.41, 5.74) is 0.823. The number of carbonyl (C=O) groups is 2. The van der Waals surface area contributed by atoms with Crippen molar-refractivity contribution < 1.29 is 23.8 Å². The molecule has 136 valence electrons. The van der Waals surface area contributed by atoms with E-state index in [0.717, 1.165) is 25.0 Å². The Morgan fingerprint density at radius 2 is 2.12 bits per heavy atom. The second-order valence-electron chi connectivity index (χ2n) is 5.82. The molecule has 0 unspecified atom stereocenters. The molecule has 1 aliphatic heterocycles. The summed E-state index contributed by atoms with van der Waals surface area (Å²) in [6, 6.07) is 7.47. The predicted molar refractivity (Wildman–Crippen MR) is 94.2 cm³/mol. The minimum atomic E-state index is -0.334. The first-order valence-electron chi connectivity index (χ1n) is 8.42. The molecule has 1 saturated heterocycles. The topological polar surface area (TPSA) is 65.1 Å². The number of benzene rings is 1. The summed E-state index contributed by atoms with van der Waals surface area (Å²) in [6.07, 6.45) is 5.35. The fourth-order valence-electron chi connectivity index (χ4n) is 2.72. The van der Waals surface area contributed by atoms with Gasteiger partial charge < -0.3 is 19.1 Å². The van der Waals surface area contributed by atoms with E-state index in [4.69, 9.17) is 9.47 Å². The van der Waals surface area contributed by atoms with Crippen LogP contribution in [-0.2, 0) is 19.1 Å². The highest BCUT2D eigenvalue weighted by atomic mass is 16.5. The molecular weight excluding hydrogens is 322 g/mol. The van der Waals surface area contributed by atoms with E-state index < -0.39 is 0 Å². The normalized spacial score (nSPS) is 16.8. The molecule has 1 aromatic carbocycles. The monoisotopic (exact) mass is 347 g/mol. The third-order valence-electron chi connectivity index (χ3n) is 4.12. The Labute approximate surface area is 148 Å². The van der Waals surface area contributed by atoms with Crippen molar-refractivity contribution >= 4 is 18.0 Å². The van der Waals surface area contributed by atoms with E-state index in [2.05, 4.69) is 4.74 Å². The van der Waals surface area contributed by atoms with Crippen LogP contribution in [-0.4, -0.2) is 56.8 Å². The van der Waals surface area contributed by atoms with Crippen LogP contribution in [0.1, 0.15) is 24.8 Å². The molecule has 6 nitrogen and oxygen atoms in total. The van der Waals surface area contributed by atoms with E-state index >= 15 is 0 Å². The average molecular weight is 347 g/mol. The number of esters is 1. The summed E-state index contributed by atoms with van der Waals surface area (Å²) < 4.78 is 15.6. The summed E-state index contributed by atoms with van der Waals surface area (Å²) in [5, 5.41) is 0. The molecule has 1 heterocycles. The lowest BCUT2D eigenvalue weighted by atomic mass is 10.1. The van der Waals surface area contributed by atoms with Gasteiger partial charge in [-0.25, -0.2) is 0 Å². The van der Waals surface area contributed by atoms with Gasteiger partial charge in [0.15, 0.2) is 0 Å². The summed E-state index contributed by atoms with van der Waals surface area (Å²) in [6.45, 7) is 1.51. The van der Waals surface area contributed by atoms with E-state index in [1.54, 1.807) is 18.1 Å². The van der Waals surface area contributed by atoms with Gasteiger partial charge in [-0.1, -0.05) is 18.2 Å². The minimum Gasteiger partial charge on any atom is -0.496 e. The van der Waals surface area contributed by atoms with Gasteiger partial charge in [0.2, 0.25) is 5.91 Å². The molecular formula is C19H25NO5. The van der Waals surface area contributed by atoms with Crippen molar-refractivity contribution in [3.8, 4) is 5.75 Å². The summed E-state index contributed by atoms with van der Waals surface area (Å²) in [4.78, 5) is 25.6. The second kappa shape index (κ2) is 9.84. The molecule has 0 spiro atoms. The molecule has 1 aliphatic rings. The number of hydrogen-bond donors (Lipinski definition) is 0. The van der Waals surface area contributed by atoms with Gasteiger partial charge in [0.25, 0.3) is 0 Å². The van der Waals surface area contributed by atoms with Crippen molar-refractivity contribution in [1.82, 2.24) is 4.90 Å². The number of para-hydroxylation sites is 1. The van der Waals surface area contributed by atoms with Crippen LogP contribution in [0.15, 0.2) is 30.3 Å².